The van der Waals surface area contributed by atoms with Crippen molar-refractivity contribution < 1.29 is 29.2 Å². The highest BCUT2D eigenvalue weighted by atomic mass is 19.1. The van der Waals surface area contributed by atoms with Gasteiger partial charge in [0.05, 0.1) is 31.1 Å². The first kappa shape index (κ1) is 14.2. The van der Waals surface area contributed by atoms with E-state index in [0.29, 0.717) is 0 Å². The number of hydrogen-bond donors (Lipinski definition) is 4. The number of benzene rings is 1. The molecule has 0 aliphatic carbocycles. The number of carboxylic acids is 1. The fraction of sp³-hybridized carbons (Fsp3) is 0.364. The van der Waals surface area contributed by atoms with Crippen molar-refractivity contribution in [1.82, 2.24) is 0 Å². The number of methoxy groups -OCH3 is 1. The molecule has 0 heterocycles. The zero-order valence-electron chi connectivity index (χ0n) is 9.68. The number of carbonyl (C=O) groups is 1. The Kier molecular flexibility index (Phi) is 4.87. The molecule has 0 saturated heterocycles. The predicted molar refractivity (Wildman–Crippen MR) is 61.5 cm³/mol. The van der Waals surface area contributed by atoms with Gasteiger partial charge in [-0.25, -0.2) is 9.18 Å². The van der Waals surface area contributed by atoms with Crippen molar-refractivity contribution in [3.63, 3.8) is 0 Å². The molecule has 6 nitrogen and oxygen atoms in total. The van der Waals surface area contributed by atoms with Crippen LogP contribution in [0, 0.1) is 5.82 Å². The van der Waals surface area contributed by atoms with E-state index >= 15 is 0 Å². The van der Waals surface area contributed by atoms with E-state index in [9.17, 15) is 9.18 Å². The van der Waals surface area contributed by atoms with Gasteiger partial charge in [-0.15, -0.1) is 0 Å². The predicted octanol–water partition coefficient (Wildman–Crippen LogP) is 0.298. The Hall–Kier alpha value is -1.86. The summed E-state index contributed by atoms with van der Waals surface area (Å²) in [6.07, 6.45) is -1.06. The van der Waals surface area contributed by atoms with Crippen LogP contribution in [-0.4, -0.2) is 47.7 Å². The van der Waals surface area contributed by atoms with Gasteiger partial charge in [-0.05, 0) is 6.07 Å². The highest BCUT2D eigenvalue weighted by Gasteiger charge is 2.16. The lowest BCUT2D eigenvalue weighted by Crippen LogP contribution is -2.23. The summed E-state index contributed by atoms with van der Waals surface area (Å²) >= 11 is 0. The molecule has 0 aliphatic heterocycles. The Balaban J connectivity index is 3.01. The van der Waals surface area contributed by atoms with Crippen molar-refractivity contribution in [1.29, 1.82) is 0 Å². The molecule has 0 saturated carbocycles. The molecule has 1 aromatic rings. The molecular formula is C11H14FNO5. The summed E-state index contributed by atoms with van der Waals surface area (Å²) in [6.45, 7) is -0.573. The molecule has 0 aromatic heterocycles. The second kappa shape index (κ2) is 6.18. The van der Waals surface area contributed by atoms with E-state index in [4.69, 9.17) is 15.3 Å². The van der Waals surface area contributed by atoms with Crippen molar-refractivity contribution in [3.8, 4) is 5.75 Å². The topological polar surface area (TPSA) is 99.0 Å². The maximum Gasteiger partial charge on any atom is 0.337 e. The summed E-state index contributed by atoms with van der Waals surface area (Å²) < 4.78 is 18.1. The van der Waals surface area contributed by atoms with Crippen molar-refractivity contribution in [3.05, 3.63) is 23.5 Å². The van der Waals surface area contributed by atoms with Crippen LogP contribution in [0.15, 0.2) is 12.1 Å². The van der Waals surface area contributed by atoms with Crippen LogP contribution in [0.4, 0.5) is 10.1 Å². The quantitative estimate of drug-likeness (QED) is 0.586. The minimum atomic E-state index is -1.26. The van der Waals surface area contributed by atoms with Gasteiger partial charge in [0.25, 0.3) is 0 Å². The molecule has 0 aliphatic rings. The lowest BCUT2D eigenvalue weighted by atomic mass is 10.1. The molecule has 1 rings (SSSR count). The van der Waals surface area contributed by atoms with E-state index in [0.717, 1.165) is 12.1 Å². The van der Waals surface area contributed by atoms with Crippen molar-refractivity contribution in [2.75, 3.05) is 25.6 Å². The van der Waals surface area contributed by atoms with E-state index in [-0.39, 0.29) is 23.5 Å². The van der Waals surface area contributed by atoms with Gasteiger partial charge in [0.2, 0.25) is 0 Å². The standard InChI is InChI=1S/C11H14FNO5/c1-18-10-2-7(11(16)17)9(3-8(10)12)13-4-6(15)5-14/h2-3,6,13-15H,4-5H2,1H3,(H,16,17). The number of aliphatic hydroxyl groups excluding tert-OH is 2. The average Bonchev–Trinajstić information content (AvgIpc) is 2.35. The maximum atomic E-state index is 13.4. The number of ether oxygens (including phenoxy) is 1. The monoisotopic (exact) mass is 259 g/mol. The minimum absolute atomic E-state index is 0.00769. The molecule has 100 valence electrons. The van der Waals surface area contributed by atoms with Crippen LogP contribution >= 0.6 is 0 Å². The summed E-state index contributed by atoms with van der Waals surface area (Å²) in [5, 5.41) is 29.3. The normalized spacial score (nSPS) is 12.0. The number of rotatable bonds is 6. The number of aliphatic hydroxyl groups is 2. The SMILES string of the molecule is COc1cc(C(=O)O)c(NCC(O)CO)cc1F. The first-order valence-corrected chi connectivity index (χ1v) is 5.13. The van der Waals surface area contributed by atoms with Crippen LogP contribution < -0.4 is 10.1 Å². The molecule has 1 aromatic carbocycles. The van der Waals surface area contributed by atoms with Crippen LogP contribution in [0.2, 0.25) is 0 Å². The molecular weight excluding hydrogens is 245 g/mol. The fourth-order valence-corrected chi connectivity index (χ4v) is 1.33. The third-order valence-electron chi connectivity index (χ3n) is 2.26. The van der Waals surface area contributed by atoms with Crippen LogP contribution in [0.25, 0.3) is 0 Å². The number of carboxylic acid groups (broad SMARTS) is 1. The maximum absolute atomic E-state index is 13.4. The van der Waals surface area contributed by atoms with E-state index in [1.54, 1.807) is 0 Å². The smallest absolute Gasteiger partial charge is 0.337 e. The van der Waals surface area contributed by atoms with Gasteiger partial charge in [-0.1, -0.05) is 0 Å². The third-order valence-corrected chi connectivity index (χ3v) is 2.26. The van der Waals surface area contributed by atoms with Crippen molar-refractivity contribution in [2.45, 2.75) is 6.10 Å². The van der Waals surface area contributed by atoms with Gasteiger partial charge in [0.1, 0.15) is 0 Å². The van der Waals surface area contributed by atoms with Crippen LogP contribution in [0.1, 0.15) is 10.4 Å². The van der Waals surface area contributed by atoms with Crippen LogP contribution in [0.5, 0.6) is 5.75 Å². The molecule has 1 unspecified atom stereocenters. The highest BCUT2D eigenvalue weighted by molar-refractivity contribution is 5.94. The Morgan fingerprint density at radius 3 is 2.72 bits per heavy atom. The second-order valence-corrected chi connectivity index (χ2v) is 3.55. The molecule has 0 amide bonds. The summed E-state index contributed by atoms with van der Waals surface area (Å²) in [5.41, 5.74) is -0.174. The van der Waals surface area contributed by atoms with Gasteiger partial charge >= 0.3 is 5.97 Å². The fourth-order valence-electron chi connectivity index (χ4n) is 1.33. The first-order chi connectivity index (χ1) is 8.49. The summed E-state index contributed by atoms with van der Waals surface area (Å²) in [7, 11) is 1.23. The van der Waals surface area contributed by atoms with Gasteiger partial charge in [-0.2, -0.15) is 0 Å². The van der Waals surface area contributed by atoms with Crippen LogP contribution in [-0.2, 0) is 0 Å². The van der Waals surface area contributed by atoms with E-state index in [2.05, 4.69) is 10.1 Å². The van der Waals surface area contributed by atoms with E-state index < -0.39 is 24.5 Å². The van der Waals surface area contributed by atoms with Gasteiger partial charge in [0.15, 0.2) is 11.6 Å². The highest BCUT2D eigenvalue weighted by Crippen LogP contribution is 2.26. The Morgan fingerprint density at radius 2 is 2.22 bits per heavy atom. The molecule has 0 spiro atoms. The van der Waals surface area contributed by atoms with E-state index in [1.165, 1.54) is 7.11 Å². The van der Waals surface area contributed by atoms with Gasteiger partial charge in [0, 0.05) is 12.6 Å². The van der Waals surface area contributed by atoms with Gasteiger partial charge in [-0.3, -0.25) is 0 Å². The van der Waals surface area contributed by atoms with Crippen LogP contribution in [0.3, 0.4) is 0 Å². The molecule has 7 heteroatoms. The summed E-state index contributed by atoms with van der Waals surface area (Å²) in [5.74, 6) is -2.15. The number of hydrogen-bond acceptors (Lipinski definition) is 5. The molecule has 0 radical (unpaired) electrons. The molecule has 4 N–H and O–H groups in total. The zero-order chi connectivity index (χ0) is 13.7. The van der Waals surface area contributed by atoms with Gasteiger partial charge < -0.3 is 25.4 Å². The minimum Gasteiger partial charge on any atom is -0.494 e. The average molecular weight is 259 g/mol. The Bertz CT molecular complexity index is 438. The largest absolute Gasteiger partial charge is 0.494 e. The first-order valence-electron chi connectivity index (χ1n) is 5.13. The summed E-state index contributed by atoms with van der Waals surface area (Å²) in [4.78, 5) is 11.0. The molecule has 0 fully saturated rings. The molecule has 18 heavy (non-hydrogen) atoms. The van der Waals surface area contributed by atoms with Crippen molar-refractivity contribution in [2.24, 2.45) is 0 Å². The molecule has 1 atom stereocenters. The summed E-state index contributed by atoms with van der Waals surface area (Å²) in [6, 6.07) is 2.01. The third kappa shape index (κ3) is 3.31. The van der Waals surface area contributed by atoms with Crippen molar-refractivity contribution >= 4 is 11.7 Å². The number of halogens is 1. The lowest BCUT2D eigenvalue weighted by Gasteiger charge is -2.13. The lowest BCUT2D eigenvalue weighted by molar-refractivity contribution is 0.0697. The second-order valence-electron chi connectivity index (χ2n) is 3.55. The Morgan fingerprint density at radius 1 is 1.56 bits per heavy atom. The Labute approximate surface area is 103 Å². The molecule has 0 bridgehead atoms. The number of anilines is 1. The van der Waals surface area contributed by atoms with E-state index in [1.807, 2.05) is 0 Å². The number of nitrogens with one attached hydrogen (secondary N) is 1. The number of aromatic carboxylic acids is 1. The zero-order valence-corrected chi connectivity index (χ0v) is 9.68.